The van der Waals surface area contributed by atoms with Gasteiger partial charge in [-0.2, -0.15) is 4.98 Å². The SMILES string of the molecule is COCCN1C(=S)NC(c2cccc(OC)c2)C(c2nc(-c3ccc(SC)cc3)no2)=C1C. The van der Waals surface area contributed by atoms with Crippen LogP contribution in [-0.4, -0.2) is 53.8 Å². The van der Waals surface area contributed by atoms with Gasteiger partial charge in [-0.05, 0) is 67.4 Å². The van der Waals surface area contributed by atoms with E-state index < -0.39 is 0 Å². The Morgan fingerprint density at radius 3 is 2.67 bits per heavy atom. The van der Waals surface area contributed by atoms with Crippen molar-refractivity contribution in [3.63, 3.8) is 0 Å². The molecule has 0 radical (unpaired) electrons. The second kappa shape index (κ2) is 10.4. The fourth-order valence-corrected chi connectivity index (χ4v) is 4.53. The molecule has 3 aromatic rings. The van der Waals surface area contributed by atoms with Crippen molar-refractivity contribution in [1.82, 2.24) is 20.4 Å². The van der Waals surface area contributed by atoms with Crippen molar-refractivity contribution >= 4 is 34.7 Å². The van der Waals surface area contributed by atoms with Crippen molar-refractivity contribution in [1.29, 1.82) is 0 Å². The van der Waals surface area contributed by atoms with Crippen LogP contribution in [0.2, 0.25) is 0 Å². The highest BCUT2D eigenvalue weighted by Crippen LogP contribution is 2.38. The number of hydrogen-bond acceptors (Lipinski definition) is 7. The number of nitrogens with zero attached hydrogens (tertiary/aromatic N) is 3. The second-order valence-electron chi connectivity index (χ2n) is 7.45. The van der Waals surface area contributed by atoms with Gasteiger partial charge in [0.05, 0.1) is 25.3 Å². The maximum Gasteiger partial charge on any atom is 0.258 e. The van der Waals surface area contributed by atoms with Crippen LogP contribution in [0.25, 0.3) is 17.0 Å². The molecule has 33 heavy (non-hydrogen) atoms. The number of nitrogens with one attached hydrogen (secondary N) is 1. The van der Waals surface area contributed by atoms with Crippen molar-refractivity contribution in [2.45, 2.75) is 17.9 Å². The van der Waals surface area contributed by atoms with Gasteiger partial charge in [-0.3, -0.25) is 0 Å². The van der Waals surface area contributed by atoms with E-state index in [1.165, 1.54) is 4.90 Å². The van der Waals surface area contributed by atoms with Crippen LogP contribution in [0.5, 0.6) is 5.75 Å². The predicted octanol–water partition coefficient (Wildman–Crippen LogP) is 4.78. The topological polar surface area (TPSA) is 72.7 Å². The molecule has 1 aliphatic heterocycles. The smallest absolute Gasteiger partial charge is 0.258 e. The van der Waals surface area contributed by atoms with E-state index in [9.17, 15) is 0 Å². The number of rotatable bonds is 8. The summed E-state index contributed by atoms with van der Waals surface area (Å²) in [6.07, 6.45) is 2.05. The zero-order valence-electron chi connectivity index (χ0n) is 19.0. The summed E-state index contributed by atoms with van der Waals surface area (Å²) in [5.41, 5.74) is 3.69. The van der Waals surface area contributed by atoms with Gasteiger partial charge < -0.3 is 24.2 Å². The number of benzene rings is 2. The van der Waals surface area contributed by atoms with Crippen molar-refractivity contribution in [3.05, 3.63) is 65.7 Å². The molecule has 2 heterocycles. The van der Waals surface area contributed by atoms with Crippen LogP contribution in [0.15, 0.2) is 63.6 Å². The molecule has 9 heteroatoms. The molecular formula is C24H26N4O3S2. The minimum Gasteiger partial charge on any atom is -0.497 e. The lowest BCUT2D eigenvalue weighted by atomic mass is 9.94. The van der Waals surface area contributed by atoms with Crippen LogP contribution in [-0.2, 0) is 4.74 Å². The third kappa shape index (κ3) is 4.90. The summed E-state index contributed by atoms with van der Waals surface area (Å²) in [6, 6.07) is 15.7. The largest absolute Gasteiger partial charge is 0.497 e. The van der Waals surface area contributed by atoms with Gasteiger partial charge in [0.1, 0.15) is 5.75 Å². The molecule has 1 unspecified atom stereocenters. The average molecular weight is 483 g/mol. The Hall–Kier alpha value is -2.88. The molecule has 0 bridgehead atoms. The van der Waals surface area contributed by atoms with Crippen LogP contribution in [0.3, 0.4) is 0 Å². The first-order valence-electron chi connectivity index (χ1n) is 10.5. The van der Waals surface area contributed by atoms with E-state index in [0.29, 0.717) is 30.0 Å². The quantitative estimate of drug-likeness (QED) is 0.361. The Labute approximate surface area is 203 Å². The summed E-state index contributed by atoms with van der Waals surface area (Å²) in [5, 5.41) is 8.33. The van der Waals surface area contributed by atoms with E-state index in [-0.39, 0.29) is 6.04 Å². The van der Waals surface area contributed by atoms with Crippen molar-refractivity contribution in [2.75, 3.05) is 33.6 Å². The van der Waals surface area contributed by atoms with Gasteiger partial charge in [0.25, 0.3) is 5.89 Å². The number of allylic oxidation sites excluding steroid dienone is 1. The Balaban J connectivity index is 1.78. The van der Waals surface area contributed by atoms with Gasteiger partial charge in [0.2, 0.25) is 5.82 Å². The zero-order valence-corrected chi connectivity index (χ0v) is 20.6. The lowest BCUT2D eigenvalue weighted by Crippen LogP contribution is -2.47. The normalized spacial score (nSPS) is 16.2. The minimum atomic E-state index is -0.265. The molecule has 1 atom stereocenters. The summed E-state index contributed by atoms with van der Waals surface area (Å²) in [5.74, 6) is 1.75. The number of methoxy groups -OCH3 is 2. The number of thiocarbonyl (C=S) groups is 1. The molecule has 1 N–H and O–H groups in total. The first kappa shape index (κ1) is 23.3. The Kier molecular flexibility index (Phi) is 7.32. The average Bonchev–Trinajstić information content (AvgIpc) is 3.33. The van der Waals surface area contributed by atoms with Crippen LogP contribution in [0.1, 0.15) is 24.4 Å². The summed E-state index contributed by atoms with van der Waals surface area (Å²) >= 11 is 7.38. The van der Waals surface area contributed by atoms with Crippen LogP contribution in [0.4, 0.5) is 0 Å². The molecule has 0 fully saturated rings. The molecule has 4 rings (SSSR count). The van der Waals surface area contributed by atoms with E-state index in [4.69, 9.17) is 31.2 Å². The zero-order chi connectivity index (χ0) is 23.4. The molecule has 1 aromatic heterocycles. The number of aromatic nitrogens is 2. The molecule has 7 nitrogen and oxygen atoms in total. The fraction of sp³-hybridized carbons (Fsp3) is 0.292. The van der Waals surface area contributed by atoms with Gasteiger partial charge in [0.15, 0.2) is 5.11 Å². The highest BCUT2D eigenvalue weighted by molar-refractivity contribution is 7.98. The van der Waals surface area contributed by atoms with Gasteiger partial charge >= 0.3 is 0 Å². The van der Waals surface area contributed by atoms with Crippen molar-refractivity contribution in [3.8, 4) is 17.1 Å². The van der Waals surface area contributed by atoms with Gasteiger partial charge in [0, 0.05) is 29.8 Å². The summed E-state index contributed by atoms with van der Waals surface area (Å²) in [4.78, 5) is 7.93. The molecule has 0 aliphatic carbocycles. The lowest BCUT2D eigenvalue weighted by Gasteiger charge is -2.37. The lowest BCUT2D eigenvalue weighted by molar-refractivity contribution is 0.183. The van der Waals surface area contributed by atoms with E-state index in [0.717, 1.165) is 28.1 Å². The Bertz CT molecular complexity index is 1160. The summed E-state index contributed by atoms with van der Waals surface area (Å²) < 4.78 is 16.5. The molecule has 1 aliphatic rings. The third-order valence-corrected chi connectivity index (χ3v) is 6.63. The van der Waals surface area contributed by atoms with E-state index in [1.807, 2.05) is 66.6 Å². The molecule has 2 aromatic carbocycles. The van der Waals surface area contributed by atoms with Crippen LogP contribution in [0, 0.1) is 0 Å². The van der Waals surface area contributed by atoms with Gasteiger partial charge in [-0.25, -0.2) is 0 Å². The number of hydrogen-bond donors (Lipinski definition) is 1. The van der Waals surface area contributed by atoms with Crippen LogP contribution >= 0.6 is 24.0 Å². The van der Waals surface area contributed by atoms with Crippen LogP contribution < -0.4 is 10.1 Å². The molecule has 172 valence electrons. The van der Waals surface area contributed by atoms with E-state index in [2.05, 4.69) is 10.5 Å². The van der Waals surface area contributed by atoms with Gasteiger partial charge in [-0.15, -0.1) is 11.8 Å². The summed E-state index contributed by atoms with van der Waals surface area (Å²) in [6.45, 7) is 3.16. The Morgan fingerprint density at radius 1 is 1.18 bits per heavy atom. The monoisotopic (exact) mass is 482 g/mol. The summed E-state index contributed by atoms with van der Waals surface area (Å²) in [7, 11) is 3.32. The standard InChI is InChI=1S/C24H26N4O3S2/c1-15-20(23-26-22(27-31-23)16-8-10-19(33-4)11-9-16)21(17-6-5-7-18(14-17)30-3)25-24(32)28(15)12-13-29-2/h5-11,14,21H,12-13H2,1-4H3,(H,25,32). The van der Waals surface area contributed by atoms with E-state index >= 15 is 0 Å². The molecular weight excluding hydrogens is 456 g/mol. The number of ether oxygens (including phenoxy) is 2. The fourth-order valence-electron chi connectivity index (χ4n) is 3.77. The van der Waals surface area contributed by atoms with Crippen molar-refractivity contribution < 1.29 is 14.0 Å². The highest BCUT2D eigenvalue weighted by Gasteiger charge is 2.34. The minimum absolute atomic E-state index is 0.265. The maximum atomic E-state index is 5.79. The predicted molar refractivity (Wildman–Crippen MR) is 134 cm³/mol. The molecule has 0 amide bonds. The first-order chi connectivity index (χ1) is 16.0. The molecule has 0 saturated carbocycles. The molecule has 0 spiro atoms. The number of thioether (sulfide) groups is 1. The molecule has 0 saturated heterocycles. The second-order valence-corrected chi connectivity index (χ2v) is 8.72. The Morgan fingerprint density at radius 2 is 1.97 bits per heavy atom. The van der Waals surface area contributed by atoms with Crippen molar-refractivity contribution in [2.24, 2.45) is 0 Å². The highest BCUT2D eigenvalue weighted by atomic mass is 32.2. The maximum absolute atomic E-state index is 5.79. The first-order valence-corrected chi connectivity index (χ1v) is 12.1. The van der Waals surface area contributed by atoms with E-state index in [1.54, 1.807) is 26.0 Å². The van der Waals surface area contributed by atoms with Gasteiger partial charge in [-0.1, -0.05) is 17.3 Å². The third-order valence-electron chi connectivity index (χ3n) is 5.55.